The summed E-state index contributed by atoms with van der Waals surface area (Å²) in [5.74, 6) is -0.0247. The van der Waals surface area contributed by atoms with Crippen LogP contribution in [0.1, 0.15) is 17.5 Å². The fourth-order valence-corrected chi connectivity index (χ4v) is 4.61. The number of hydrogen-bond donors (Lipinski definition) is 2. The van der Waals surface area contributed by atoms with Crippen molar-refractivity contribution < 1.29 is 14.3 Å². The smallest absolute Gasteiger partial charge is 0.237 e. The average Bonchev–Trinajstić information content (AvgIpc) is 2.86. The number of aryl methyl sites for hydroxylation is 1. The summed E-state index contributed by atoms with van der Waals surface area (Å²) in [6, 6.07) is 5.04. The molecule has 0 aliphatic rings. The van der Waals surface area contributed by atoms with Crippen LogP contribution < -0.4 is 15.8 Å². The first-order chi connectivity index (χ1) is 11.8. The van der Waals surface area contributed by atoms with Crippen LogP contribution in [0, 0.1) is 6.92 Å². The molecule has 2 amide bonds. The second-order valence-corrected chi connectivity index (χ2v) is 8.31. The first kappa shape index (κ1) is 19.6. The molecule has 1 heterocycles. The molecule has 6 nitrogen and oxygen atoms in total. The summed E-state index contributed by atoms with van der Waals surface area (Å²) in [5, 5.41) is 2.87. The molecule has 1 aromatic heterocycles. The van der Waals surface area contributed by atoms with Crippen LogP contribution in [0.25, 0.3) is 0 Å². The number of aromatic nitrogens is 1. The van der Waals surface area contributed by atoms with E-state index >= 15 is 0 Å². The maximum Gasteiger partial charge on any atom is 0.237 e. The van der Waals surface area contributed by atoms with E-state index in [1.807, 2.05) is 6.92 Å². The minimum absolute atomic E-state index is 0.162. The van der Waals surface area contributed by atoms with Crippen LogP contribution in [0.5, 0.6) is 5.75 Å². The Labute approximate surface area is 159 Å². The summed E-state index contributed by atoms with van der Waals surface area (Å²) in [6.45, 7) is 3.61. The number of hydrogen-bond acceptors (Lipinski definition) is 6. The molecule has 134 valence electrons. The van der Waals surface area contributed by atoms with Crippen LogP contribution in [0.15, 0.2) is 22.5 Å². The van der Waals surface area contributed by atoms with Crippen molar-refractivity contribution in [2.24, 2.45) is 5.73 Å². The lowest BCUT2D eigenvalue weighted by molar-refractivity contribution is -0.117. The Balaban J connectivity index is 2.00. The summed E-state index contributed by atoms with van der Waals surface area (Å²) in [4.78, 5) is 28.6. The predicted molar refractivity (Wildman–Crippen MR) is 102 cm³/mol. The molecule has 2 rings (SSSR count). The van der Waals surface area contributed by atoms with E-state index in [1.165, 1.54) is 30.2 Å². The van der Waals surface area contributed by atoms with Gasteiger partial charge in [0.25, 0.3) is 0 Å². The molecular formula is C16H18ClN3O3S2. The van der Waals surface area contributed by atoms with Gasteiger partial charge in [-0.15, -0.1) is 11.3 Å². The molecule has 0 saturated carbocycles. The summed E-state index contributed by atoms with van der Waals surface area (Å²) in [6.07, 6.45) is 0.162. The van der Waals surface area contributed by atoms with E-state index in [9.17, 15) is 9.59 Å². The third-order valence-corrected chi connectivity index (χ3v) is 5.92. The Morgan fingerprint density at radius 3 is 2.80 bits per heavy atom. The Kier molecular flexibility index (Phi) is 6.69. The largest absolute Gasteiger partial charge is 0.495 e. The van der Waals surface area contributed by atoms with Crippen molar-refractivity contribution in [2.75, 3.05) is 12.4 Å². The maximum absolute atomic E-state index is 12.3. The monoisotopic (exact) mass is 399 g/mol. The fraction of sp³-hybridized carbons (Fsp3) is 0.312. The minimum Gasteiger partial charge on any atom is -0.495 e. The van der Waals surface area contributed by atoms with Crippen LogP contribution >= 0.6 is 34.7 Å². The van der Waals surface area contributed by atoms with Crippen molar-refractivity contribution in [1.82, 2.24) is 4.98 Å². The number of carbonyl (C=O) groups excluding carboxylic acids is 2. The lowest BCUT2D eigenvalue weighted by Gasteiger charge is -2.11. The number of primary amides is 1. The number of nitrogens with one attached hydrogen (secondary N) is 1. The number of benzene rings is 1. The van der Waals surface area contributed by atoms with Crippen LogP contribution in [-0.4, -0.2) is 29.2 Å². The van der Waals surface area contributed by atoms with E-state index in [0.717, 1.165) is 14.9 Å². The van der Waals surface area contributed by atoms with Gasteiger partial charge in [0.1, 0.15) is 5.75 Å². The number of rotatable bonds is 7. The van der Waals surface area contributed by atoms with Gasteiger partial charge in [0.05, 0.1) is 29.5 Å². The molecule has 0 radical (unpaired) electrons. The minimum atomic E-state index is -0.398. The van der Waals surface area contributed by atoms with Crippen LogP contribution in [0.3, 0.4) is 0 Å². The number of halogens is 1. The maximum atomic E-state index is 12.3. The lowest BCUT2D eigenvalue weighted by atomic mass is 10.3. The lowest BCUT2D eigenvalue weighted by Crippen LogP contribution is -2.22. The predicted octanol–water partition coefficient (Wildman–Crippen LogP) is 3.26. The molecule has 1 unspecified atom stereocenters. The van der Waals surface area contributed by atoms with Gasteiger partial charge in [0, 0.05) is 10.6 Å². The van der Waals surface area contributed by atoms with Crippen LogP contribution in [0.2, 0.25) is 5.02 Å². The molecular weight excluding hydrogens is 382 g/mol. The van der Waals surface area contributed by atoms with Crippen molar-refractivity contribution in [3.63, 3.8) is 0 Å². The van der Waals surface area contributed by atoms with Gasteiger partial charge in [-0.05, 0) is 32.0 Å². The number of nitrogens with two attached hydrogens (primary N) is 1. The highest BCUT2D eigenvalue weighted by atomic mass is 35.5. The van der Waals surface area contributed by atoms with E-state index in [-0.39, 0.29) is 17.6 Å². The van der Waals surface area contributed by atoms with Gasteiger partial charge < -0.3 is 15.8 Å². The molecule has 0 aliphatic heterocycles. The topological polar surface area (TPSA) is 94.3 Å². The molecule has 0 aliphatic carbocycles. The second-order valence-electron chi connectivity index (χ2n) is 5.23. The Morgan fingerprint density at radius 1 is 1.48 bits per heavy atom. The molecule has 1 aromatic carbocycles. The van der Waals surface area contributed by atoms with Gasteiger partial charge in [-0.25, -0.2) is 4.98 Å². The molecule has 2 aromatic rings. The molecule has 25 heavy (non-hydrogen) atoms. The van der Waals surface area contributed by atoms with Gasteiger partial charge in [0.15, 0.2) is 4.34 Å². The number of ether oxygens (including phenoxy) is 1. The highest BCUT2D eigenvalue weighted by molar-refractivity contribution is 8.02. The number of amides is 2. The van der Waals surface area contributed by atoms with Gasteiger partial charge in [-0.2, -0.15) is 0 Å². The Hall–Kier alpha value is -1.77. The van der Waals surface area contributed by atoms with Gasteiger partial charge in [-0.3, -0.25) is 9.59 Å². The number of carbonyl (C=O) groups is 2. The number of nitrogens with zero attached hydrogens (tertiary/aromatic N) is 1. The number of thioether (sulfide) groups is 1. The Morgan fingerprint density at radius 2 is 2.20 bits per heavy atom. The second kappa shape index (κ2) is 8.55. The molecule has 0 fully saturated rings. The van der Waals surface area contributed by atoms with Crippen LogP contribution in [-0.2, 0) is 16.0 Å². The highest BCUT2D eigenvalue weighted by Crippen LogP contribution is 2.32. The third-order valence-electron chi connectivity index (χ3n) is 3.27. The first-order valence-corrected chi connectivity index (χ1v) is 9.43. The third kappa shape index (κ3) is 5.35. The summed E-state index contributed by atoms with van der Waals surface area (Å²) < 4.78 is 5.81. The van der Waals surface area contributed by atoms with Gasteiger partial charge >= 0.3 is 0 Å². The summed E-state index contributed by atoms with van der Waals surface area (Å²) in [7, 11) is 1.53. The van der Waals surface area contributed by atoms with Crippen molar-refractivity contribution in [3.8, 4) is 5.75 Å². The molecule has 0 bridgehead atoms. The van der Waals surface area contributed by atoms with E-state index in [0.29, 0.717) is 16.5 Å². The quantitative estimate of drug-likeness (QED) is 0.697. The average molecular weight is 400 g/mol. The van der Waals surface area contributed by atoms with Gasteiger partial charge in [0.2, 0.25) is 11.8 Å². The van der Waals surface area contributed by atoms with E-state index in [2.05, 4.69) is 10.3 Å². The summed E-state index contributed by atoms with van der Waals surface area (Å²) >= 11 is 8.77. The van der Waals surface area contributed by atoms with E-state index in [1.54, 1.807) is 25.1 Å². The zero-order chi connectivity index (χ0) is 18.6. The number of thiazole rings is 1. The standard InChI is InChI=1S/C16H18ClN3O3S2/c1-8-13(7-14(18)21)25-16(19-8)24-9(2)15(22)20-10-4-5-12(23-3)11(17)6-10/h4-6,9H,7H2,1-3H3,(H2,18,21)(H,20,22). The zero-order valence-corrected chi connectivity index (χ0v) is 16.3. The molecule has 0 saturated heterocycles. The van der Waals surface area contributed by atoms with Crippen molar-refractivity contribution in [2.45, 2.75) is 29.9 Å². The van der Waals surface area contributed by atoms with Gasteiger partial charge in [-0.1, -0.05) is 23.4 Å². The number of anilines is 1. The summed E-state index contributed by atoms with van der Waals surface area (Å²) in [5.41, 5.74) is 6.58. The molecule has 3 N–H and O–H groups in total. The zero-order valence-electron chi connectivity index (χ0n) is 14.0. The number of methoxy groups -OCH3 is 1. The van der Waals surface area contributed by atoms with Crippen molar-refractivity contribution >= 4 is 52.2 Å². The van der Waals surface area contributed by atoms with Crippen LogP contribution in [0.4, 0.5) is 5.69 Å². The first-order valence-electron chi connectivity index (χ1n) is 7.35. The van der Waals surface area contributed by atoms with Crippen molar-refractivity contribution in [1.29, 1.82) is 0 Å². The molecule has 0 spiro atoms. The highest BCUT2D eigenvalue weighted by Gasteiger charge is 2.19. The molecule has 1 atom stereocenters. The molecule has 9 heteroatoms. The van der Waals surface area contributed by atoms with Crippen molar-refractivity contribution in [3.05, 3.63) is 33.8 Å². The van der Waals surface area contributed by atoms with E-state index in [4.69, 9.17) is 22.1 Å². The van der Waals surface area contributed by atoms with E-state index < -0.39 is 5.91 Å². The SMILES string of the molecule is COc1ccc(NC(=O)C(C)Sc2nc(C)c(CC(N)=O)s2)cc1Cl. The Bertz CT molecular complexity index is 795. The fourth-order valence-electron chi connectivity index (χ4n) is 1.97. The normalized spacial score (nSPS) is 11.8.